The number of carbonyl (C=O) groups excluding carboxylic acids is 4. The first-order chi connectivity index (χ1) is 65.8. The fraction of sp³-hybridized carbons (Fsp3) is 0.853. The molecule has 0 amide bonds. The van der Waals surface area contributed by atoms with E-state index in [-0.39, 0.29) is 47.7 Å². The topological polar surface area (TPSA) is 201 Å². The van der Waals surface area contributed by atoms with Crippen LogP contribution in [-0.4, -0.2) is 80.1 Å². The van der Waals surface area contributed by atoms with E-state index in [0.29, 0.717) is 178 Å². The molecule has 0 aromatic carbocycles. The van der Waals surface area contributed by atoms with Crippen molar-refractivity contribution in [3.05, 3.63) is 96.2 Å². The summed E-state index contributed by atoms with van der Waals surface area (Å²) in [5.74, 6) is 19.8. The first kappa shape index (κ1) is 178. The van der Waals surface area contributed by atoms with Crippen LogP contribution in [0, 0.1) is 195 Å². The number of allylic oxidation sites excluding steroid dienone is 15. The zero-order chi connectivity index (χ0) is 120. The van der Waals surface area contributed by atoms with Gasteiger partial charge in [0.15, 0.2) is 0 Å². The molecule has 10 heteroatoms. The van der Waals surface area contributed by atoms with Gasteiger partial charge in [0, 0.05) is 54.5 Å². The zero-order valence-corrected chi connectivity index (χ0v) is 112. The van der Waals surface area contributed by atoms with Crippen LogP contribution in [-0.2, 0) is 19.2 Å². The van der Waals surface area contributed by atoms with Crippen molar-refractivity contribution >= 4 is 23.1 Å². The van der Waals surface area contributed by atoms with Crippen molar-refractivity contribution in [2.45, 2.75) is 565 Å². The van der Waals surface area contributed by atoms with E-state index in [1.807, 2.05) is 125 Å². The molecule has 0 spiro atoms. The average Bonchev–Trinajstić information content (AvgIpc) is 0.911. The van der Waals surface area contributed by atoms with Gasteiger partial charge in [-0.15, -0.1) is 0 Å². The summed E-state index contributed by atoms with van der Waals surface area (Å²) < 4.78 is 0. The second-order valence-corrected chi connectivity index (χ2v) is 53.2. The highest BCUT2D eigenvalue weighted by Crippen LogP contribution is 2.23. The molecule has 0 heterocycles. The zero-order valence-electron chi connectivity index (χ0n) is 112. The summed E-state index contributed by atoms with van der Waals surface area (Å²) in [6.07, 6.45) is 35.5. The third-order valence-electron chi connectivity index (χ3n) is 22.6. The quantitative estimate of drug-likeness (QED) is 0.0252. The second kappa shape index (κ2) is 114. The molecule has 0 aliphatic carbocycles. The normalized spacial score (nSPS) is 13.0. The van der Waals surface area contributed by atoms with Gasteiger partial charge in [0.05, 0.1) is 24.4 Å². The van der Waals surface area contributed by atoms with Gasteiger partial charge >= 0.3 is 0 Å². The molecule has 146 heavy (non-hydrogen) atoms. The molecule has 8 N–H and O–H groups in total. The third kappa shape index (κ3) is 173. The number of aliphatic hydroxyl groups is 4. The Morgan fingerprint density at radius 2 is 0.541 bits per heavy atom. The van der Waals surface area contributed by atoms with Crippen LogP contribution >= 0.6 is 0 Å². The number of nitrogens with two attached hydrogens (primary N) is 2. The highest BCUT2D eigenvalue weighted by Gasteiger charge is 2.23. The molecule has 0 aromatic heterocycles. The Balaban J connectivity index is -0.0000000883. The number of ketones is 4. The maximum absolute atomic E-state index is 11.0. The Morgan fingerprint density at radius 3 is 0.678 bits per heavy atom. The fourth-order valence-corrected chi connectivity index (χ4v) is 12.3. The maximum atomic E-state index is 11.0. The highest BCUT2D eigenvalue weighted by atomic mass is 16.3. The average molecular weight is 2070 g/mol. The van der Waals surface area contributed by atoms with E-state index in [1.165, 1.54) is 42.4 Å². The number of carbonyl (C=O) groups is 4. The Bertz CT molecular complexity index is 2810. The van der Waals surface area contributed by atoms with Crippen LogP contribution < -0.4 is 11.5 Å². The monoisotopic (exact) mass is 2070 g/mol. The number of Topliss-reactive ketones (excluding diaryl/α,β-unsaturated/α-hetero) is 4. The van der Waals surface area contributed by atoms with Gasteiger partial charge in [0.1, 0.15) is 23.1 Å². The molecule has 5 atom stereocenters. The first-order valence-electron chi connectivity index (χ1n) is 59.6. The lowest BCUT2D eigenvalue weighted by Gasteiger charge is -2.22. The molecular weight excluding hydrogens is 1790 g/mol. The van der Waals surface area contributed by atoms with Gasteiger partial charge in [-0.3, -0.25) is 19.2 Å². The van der Waals surface area contributed by atoms with Crippen LogP contribution in [0.1, 0.15) is 528 Å². The van der Waals surface area contributed by atoms with Crippen molar-refractivity contribution < 1.29 is 39.6 Å². The molecule has 0 bridgehead atoms. The molecular formula is C136H282N2O8. The van der Waals surface area contributed by atoms with E-state index in [2.05, 4.69) is 412 Å². The molecule has 0 fully saturated rings. The van der Waals surface area contributed by atoms with Gasteiger partial charge in [0.2, 0.25) is 0 Å². The molecule has 0 radical (unpaired) electrons. The van der Waals surface area contributed by atoms with E-state index < -0.39 is 12.2 Å². The van der Waals surface area contributed by atoms with E-state index in [9.17, 15) is 39.6 Å². The minimum absolute atomic E-state index is 0.106. The van der Waals surface area contributed by atoms with Crippen LogP contribution in [0.3, 0.4) is 0 Å². The van der Waals surface area contributed by atoms with Gasteiger partial charge in [-0.05, 0) is 238 Å². The van der Waals surface area contributed by atoms with Crippen molar-refractivity contribution in [1.82, 2.24) is 0 Å². The second-order valence-electron chi connectivity index (χ2n) is 53.2. The minimum Gasteiger partial charge on any atom is -0.393 e. The van der Waals surface area contributed by atoms with Crippen LogP contribution in [0.25, 0.3) is 0 Å². The highest BCUT2D eigenvalue weighted by molar-refractivity contribution is 5.82. The molecule has 0 rings (SSSR count). The van der Waals surface area contributed by atoms with Gasteiger partial charge in [-0.1, -0.05) is 539 Å². The first-order valence-corrected chi connectivity index (χ1v) is 59.6. The molecule has 0 aliphatic rings. The predicted octanol–water partition coefficient (Wildman–Crippen LogP) is 40.9. The summed E-state index contributed by atoms with van der Waals surface area (Å²) in [4.78, 5) is 43.9. The van der Waals surface area contributed by atoms with Gasteiger partial charge < -0.3 is 31.9 Å². The Morgan fingerprint density at radius 1 is 0.253 bits per heavy atom. The van der Waals surface area contributed by atoms with E-state index in [4.69, 9.17) is 11.5 Å². The van der Waals surface area contributed by atoms with Crippen LogP contribution in [0.2, 0.25) is 0 Å². The molecule has 0 aromatic rings. The van der Waals surface area contributed by atoms with Crippen LogP contribution in [0.4, 0.5) is 0 Å². The standard InChI is InChI=1S/C10H18.C9H21N.C9H20O2.2C9H18O.4C9H18.C8H19N.C8H18O.C8H16O.2C8H16.C7H16O.C7H14O/c1-9(2)7-5-6-8-10(3)4;1-7(2)5-6-9(10)8(3)4;1-6(2)5-8(10)9(11)7(3)4;1-7(2)5-6-9(10)8(3)4;1-6(2)9(7(3)4)8(5)10;3*1-7(2)6-9(5)8(3)4;1-8(2)6-5-7-9(3)4;3*1-6(2)5-8(9)7(3)4;2*1-7(2)5-6-8(3)4;2*1-5(2)7(8)6(3)4/h5-10H,1-4H3;7-9H,5-6,10H2,1-4H3;6-11H,5H2,1-4H3;7-8H,5-6H2,1-4H3;6-7,9H,1-5H3;2*6-8H,1-5H3;7-8H,5-6H2,1-4H3;5-6,8-9H,7H2,1-4H3;6-8H,5,9H2,1-4H3;6-9H,5H2,1-4H3;6-7H,5H2,1-4H3;3*5-8H,1-4H3;5-6H,1-4H3/b7-5+,8-6+;;;;;9-6+;9-6-;;6-5+;;;;6-5+;6-5-;;/t;9-;;;;;;;;8-;;;;;;/m.0.......0....../s1. The fourth-order valence-electron chi connectivity index (χ4n) is 12.3. The molecule has 10 nitrogen and oxygen atoms in total. The van der Waals surface area contributed by atoms with Crippen LogP contribution in [0.5, 0.6) is 0 Å². The van der Waals surface area contributed by atoms with Gasteiger partial charge in [0.25, 0.3) is 0 Å². The molecule has 0 saturated carbocycles. The van der Waals surface area contributed by atoms with Crippen molar-refractivity contribution in [2.24, 2.45) is 207 Å². The minimum atomic E-state index is -0.572. The largest absolute Gasteiger partial charge is 0.393 e. The third-order valence-corrected chi connectivity index (χ3v) is 22.6. The molecule has 3 unspecified atom stereocenters. The molecule has 0 aliphatic heterocycles. The number of rotatable bonds is 45. The van der Waals surface area contributed by atoms with Crippen molar-refractivity contribution in [3.8, 4) is 0 Å². The number of hydrogen-bond acceptors (Lipinski definition) is 10. The van der Waals surface area contributed by atoms with Crippen molar-refractivity contribution in [2.75, 3.05) is 0 Å². The lowest BCUT2D eigenvalue weighted by atomic mass is 9.83. The summed E-state index contributed by atoms with van der Waals surface area (Å²) in [5, 5.41) is 37.3. The Hall–Kier alpha value is -3.64. The lowest BCUT2D eigenvalue weighted by molar-refractivity contribution is -0.125. The summed E-state index contributed by atoms with van der Waals surface area (Å²) in [7, 11) is 0. The summed E-state index contributed by atoms with van der Waals surface area (Å²) >= 11 is 0. The Labute approximate surface area is 924 Å². The number of hydrogen-bond donors (Lipinski definition) is 6. The smallest absolute Gasteiger partial charge is 0.137 e. The maximum Gasteiger partial charge on any atom is 0.137 e. The molecule has 0 saturated heterocycles. The van der Waals surface area contributed by atoms with Gasteiger partial charge in [-0.2, -0.15) is 0 Å². The van der Waals surface area contributed by atoms with Crippen molar-refractivity contribution in [3.63, 3.8) is 0 Å². The van der Waals surface area contributed by atoms with E-state index in [1.54, 1.807) is 6.92 Å². The predicted molar refractivity (Wildman–Crippen MR) is 673 cm³/mol. The summed E-state index contributed by atoms with van der Waals surface area (Å²) in [6.45, 7) is 146. The summed E-state index contributed by atoms with van der Waals surface area (Å²) in [5.41, 5.74) is 16.1. The molecule has 884 valence electrons. The Kier molecular flexibility index (Phi) is 139. The number of aliphatic hydroxyl groups excluding tert-OH is 4. The SMILES string of the molecule is C/C(=C/C(C)C)C(C)C.C/C(=C\C(C)C)C(C)C.C=C(CC(C)C)C(C)C.CC(=O)C(C(C)C)C(C)C.CC(C)/C=C/C(C)C.CC(C)/C=C/C=C/C(C)C.CC(C)/C=C/CC(C)C.CC(C)/C=C\C(C)C.CC(C)C(=O)C(C)C.CC(C)C(O)C(C)C.CC(C)CC(=O)C(C)C.CC(C)CC(O)C(C)C.CC(C)CC(O)C(O)C(C)C.CC(C)CCC(=O)C(C)C.CC(C)CC[C@H](N)C(C)C.CC(C)C[C@H](N)C(C)C. The van der Waals surface area contributed by atoms with E-state index in [0.717, 1.165) is 55.8 Å². The van der Waals surface area contributed by atoms with Crippen molar-refractivity contribution in [1.29, 1.82) is 0 Å². The summed E-state index contributed by atoms with van der Waals surface area (Å²) in [6, 6.07) is 0.799. The lowest BCUT2D eigenvalue weighted by Crippen LogP contribution is -2.31. The van der Waals surface area contributed by atoms with E-state index >= 15 is 0 Å². The van der Waals surface area contributed by atoms with Gasteiger partial charge in [-0.25, -0.2) is 0 Å². The van der Waals surface area contributed by atoms with Crippen LogP contribution in [0.15, 0.2) is 96.2 Å².